The molecule has 17 heavy (non-hydrogen) atoms. The predicted molar refractivity (Wildman–Crippen MR) is 69.8 cm³/mol. The molecule has 2 N–H and O–H groups in total. The molecule has 3 nitrogen and oxygen atoms in total. The van der Waals surface area contributed by atoms with Gasteiger partial charge in [-0.25, -0.2) is 0 Å². The second-order valence-electron chi connectivity index (χ2n) is 3.89. The van der Waals surface area contributed by atoms with Gasteiger partial charge in [0.15, 0.2) is 0 Å². The van der Waals surface area contributed by atoms with Gasteiger partial charge in [-0.15, -0.1) is 0 Å². The molecule has 4 heteroatoms. The Hall–Kier alpha value is -1.26. The average molecular weight is 296 g/mol. The van der Waals surface area contributed by atoms with Crippen molar-refractivity contribution in [1.82, 2.24) is 5.32 Å². The quantitative estimate of drug-likeness (QED) is 0.909. The fourth-order valence-corrected chi connectivity index (χ4v) is 2.00. The summed E-state index contributed by atoms with van der Waals surface area (Å²) in [5.41, 5.74) is 0.864. The first-order chi connectivity index (χ1) is 8.15. The summed E-state index contributed by atoms with van der Waals surface area (Å²) in [6, 6.07) is 9.28. The highest BCUT2D eigenvalue weighted by Gasteiger charge is 2.02. The van der Waals surface area contributed by atoms with Crippen LogP contribution in [0.15, 0.2) is 39.2 Å². The van der Waals surface area contributed by atoms with Crippen LogP contribution < -0.4 is 5.32 Å². The number of halogens is 1. The standard InChI is InChI=1S/C13H14BrNO2/c1-9-2-4-12(17-9)8-15-7-10-6-11(14)3-5-13(10)16/h2-6,15-16H,7-8H2,1H3. The third-order valence-corrected chi connectivity index (χ3v) is 2.95. The van der Waals surface area contributed by atoms with Gasteiger partial charge in [0.1, 0.15) is 17.3 Å². The maximum atomic E-state index is 9.65. The van der Waals surface area contributed by atoms with Gasteiger partial charge in [0.25, 0.3) is 0 Å². The zero-order chi connectivity index (χ0) is 12.3. The number of nitrogens with one attached hydrogen (secondary N) is 1. The molecule has 1 heterocycles. The maximum Gasteiger partial charge on any atom is 0.120 e. The average Bonchev–Trinajstić information content (AvgIpc) is 2.69. The number of phenols is 1. The molecule has 0 fully saturated rings. The smallest absolute Gasteiger partial charge is 0.120 e. The van der Waals surface area contributed by atoms with Gasteiger partial charge in [-0.3, -0.25) is 0 Å². The van der Waals surface area contributed by atoms with Crippen LogP contribution in [0.25, 0.3) is 0 Å². The van der Waals surface area contributed by atoms with Gasteiger partial charge in [-0.1, -0.05) is 15.9 Å². The molecule has 0 unspecified atom stereocenters. The van der Waals surface area contributed by atoms with Crippen LogP contribution in [-0.2, 0) is 13.1 Å². The molecule has 0 saturated heterocycles. The second-order valence-corrected chi connectivity index (χ2v) is 4.80. The Kier molecular flexibility index (Phi) is 3.86. The van der Waals surface area contributed by atoms with Crippen molar-refractivity contribution in [3.8, 4) is 5.75 Å². The third-order valence-electron chi connectivity index (χ3n) is 2.45. The Balaban J connectivity index is 1.91. The van der Waals surface area contributed by atoms with E-state index in [2.05, 4.69) is 21.2 Å². The van der Waals surface area contributed by atoms with Crippen molar-refractivity contribution in [2.24, 2.45) is 0 Å². The summed E-state index contributed by atoms with van der Waals surface area (Å²) in [7, 11) is 0. The number of aryl methyl sites for hydroxylation is 1. The third kappa shape index (κ3) is 3.35. The Morgan fingerprint density at radius 2 is 2.06 bits per heavy atom. The molecule has 90 valence electrons. The molecular weight excluding hydrogens is 282 g/mol. The lowest BCUT2D eigenvalue weighted by molar-refractivity contribution is 0.449. The van der Waals surface area contributed by atoms with E-state index >= 15 is 0 Å². The number of phenolic OH excluding ortho intramolecular Hbond substituents is 1. The van der Waals surface area contributed by atoms with Crippen LogP contribution in [-0.4, -0.2) is 5.11 Å². The molecule has 0 aliphatic carbocycles. The highest BCUT2D eigenvalue weighted by atomic mass is 79.9. The van der Waals surface area contributed by atoms with Crippen molar-refractivity contribution in [3.05, 3.63) is 51.9 Å². The van der Waals surface area contributed by atoms with Crippen LogP contribution in [0.1, 0.15) is 17.1 Å². The predicted octanol–water partition coefficient (Wildman–Crippen LogP) is 3.35. The van der Waals surface area contributed by atoms with Crippen molar-refractivity contribution in [2.75, 3.05) is 0 Å². The minimum Gasteiger partial charge on any atom is -0.508 e. The highest BCUT2D eigenvalue weighted by Crippen LogP contribution is 2.21. The van der Waals surface area contributed by atoms with Crippen molar-refractivity contribution >= 4 is 15.9 Å². The molecule has 0 amide bonds. The fourth-order valence-electron chi connectivity index (χ4n) is 1.60. The van der Waals surface area contributed by atoms with Crippen LogP contribution >= 0.6 is 15.9 Å². The van der Waals surface area contributed by atoms with E-state index in [-0.39, 0.29) is 0 Å². The van der Waals surface area contributed by atoms with Crippen molar-refractivity contribution in [2.45, 2.75) is 20.0 Å². The lowest BCUT2D eigenvalue weighted by Gasteiger charge is -2.06. The molecule has 0 aliphatic heterocycles. The first-order valence-corrected chi connectivity index (χ1v) is 6.18. The molecule has 1 aromatic heterocycles. The minimum absolute atomic E-state index is 0.302. The SMILES string of the molecule is Cc1ccc(CNCc2cc(Br)ccc2O)o1. The maximum absolute atomic E-state index is 9.65. The van der Waals surface area contributed by atoms with Crippen LogP contribution in [0.3, 0.4) is 0 Å². The first-order valence-electron chi connectivity index (χ1n) is 5.38. The number of hydrogen-bond acceptors (Lipinski definition) is 3. The van der Waals surface area contributed by atoms with E-state index in [1.54, 1.807) is 6.07 Å². The number of furan rings is 1. The molecule has 0 radical (unpaired) electrons. The van der Waals surface area contributed by atoms with E-state index in [9.17, 15) is 5.11 Å². The summed E-state index contributed by atoms with van der Waals surface area (Å²) in [5.74, 6) is 2.11. The molecule has 0 spiro atoms. The second kappa shape index (κ2) is 5.38. The van der Waals surface area contributed by atoms with Gasteiger partial charge in [0.05, 0.1) is 6.54 Å². The topological polar surface area (TPSA) is 45.4 Å². The normalized spacial score (nSPS) is 10.7. The Labute approximate surface area is 109 Å². The zero-order valence-corrected chi connectivity index (χ0v) is 11.1. The van der Waals surface area contributed by atoms with E-state index < -0.39 is 0 Å². The molecule has 2 aromatic rings. The van der Waals surface area contributed by atoms with E-state index in [4.69, 9.17) is 4.42 Å². The van der Waals surface area contributed by atoms with Gasteiger partial charge in [-0.2, -0.15) is 0 Å². The Morgan fingerprint density at radius 1 is 1.24 bits per heavy atom. The van der Waals surface area contributed by atoms with Crippen molar-refractivity contribution in [1.29, 1.82) is 0 Å². The molecule has 0 atom stereocenters. The molecule has 0 saturated carbocycles. The Bertz CT molecular complexity index is 508. The van der Waals surface area contributed by atoms with E-state index in [0.717, 1.165) is 21.6 Å². The van der Waals surface area contributed by atoms with Crippen molar-refractivity contribution in [3.63, 3.8) is 0 Å². The van der Waals surface area contributed by atoms with Crippen LogP contribution in [0.2, 0.25) is 0 Å². The summed E-state index contributed by atoms with van der Waals surface area (Å²) in [4.78, 5) is 0. The number of rotatable bonds is 4. The number of benzene rings is 1. The molecule has 0 bridgehead atoms. The van der Waals surface area contributed by atoms with Gasteiger partial charge in [-0.05, 0) is 37.3 Å². The van der Waals surface area contributed by atoms with Gasteiger partial charge in [0.2, 0.25) is 0 Å². The van der Waals surface area contributed by atoms with Gasteiger partial charge >= 0.3 is 0 Å². The van der Waals surface area contributed by atoms with Crippen LogP contribution in [0.4, 0.5) is 0 Å². The minimum atomic E-state index is 0.302. The van der Waals surface area contributed by atoms with Crippen molar-refractivity contribution < 1.29 is 9.52 Å². The zero-order valence-electron chi connectivity index (χ0n) is 9.53. The number of hydrogen-bond donors (Lipinski definition) is 2. The summed E-state index contributed by atoms with van der Waals surface area (Å²) in [6.45, 7) is 3.18. The van der Waals surface area contributed by atoms with E-state index in [1.807, 2.05) is 31.2 Å². The largest absolute Gasteiger partial charge is 0.508 e. The first kappa shape index (κ1) is 12.2. The summed E-state index contributed by atoms with van der Waals surface area (Å²) < 4.78 is 6.40. The lowest BCUT2D eigenvalue weighted by Crippen LogP contribution is -2.12. The lowest BCUT2D eigenvalue weighted by atomic mass is 10.2. The molecule has 1 aromatic carbocycles. The van der Waals surface area contributed by atoms with Crippen LogP contribution in [0, 0.1) is 6.92 Å². The molecule has 0 aliphatic rings. The van der Waals surface area contributed by atoms with E-state index in [0.29, 0.717) is 18.8 Å². The van der Waals surface area contributed by atoms with Gasteiger partial charge < -0.3 is 14.8 Å². The molecule has 2 rings (SSSR count). The Morgan fingerprint density at radius 3 is 2.76 bits per heavy atom. The van der Waals surface area contributed by atoms with E-state index in [1.165, 1.54) is 0 Å². The van der Waals surface area contributed by atoms with Crippen LogP contribution in [0.5, 0.6) is 5.75 Å². The summed E-state index contributed by atoms with van der Waals surface area (Å²) in [6.07, 6.45) is 0. The highest BCUT2D eigenvalue weighted by molar-refractivity contribution is 9.10. The van der Waals surface area contributed by atoms with Gasteiger partial charge in [0, 0.05) is 16.6 Å². The fraction of sp³-hybridized carbons (Fsp3) is 0.231. The monoisotopic (exact) mass is 295 g/mol. The number of aromatic hydroxyl groups is 1. The molecular formula is C13H14BrNO2. The summed E-state index contributed by atoms with van der Waals surface area (Å²) >= 11 is 3.38. The summed E-state index contributed by atoms with van der Waals surface area (Å²) in [5, 5.41) is 12.9.